The molecule has 1 rings (SSSR count). The number of carbonyl (C=O) groups is 1. The van der Waals surface area contributed by atoms with E-state index in [1.165, 1.54) is 20.3 Å². The third-order valence-corrected chi connectivity index (χ3v) is 2.68. The molecule has 0 aliphatic rings. The van der Waals surface area contributed by atoms with Crippen LogP contribution in [0.15, 0.2) is 12.1 Å². The lowest BCUT2D eigenvalue weighted by atomic mass is 10.1. The zero-order valence-electron chi connectivity index (χ0n) is 12.5. The predicted molar refractivity (Wildman–Crippen MR) is 76.9 cm³/mol. The van der Waals surface area contributed by atoms with E-state index in [0.29, 0.717) is 24.7 Å². The Morgan fingerprint density at radius 2 is 1.76 bits per heavy atom. The van der Waals surface area contributed by atoms with Gasteiger partial charge in [-0.05, 0) is 6.07 Å². The summed E-state index contributed by atoms with van der Waals surface area (Å²) in [7, 11) is 4.54. The van der Waals surface area contributed by atoms with Crippen LogP contribution in [-0.4, -0.2) is 53.7 Å². The van der Waals surface area contributed by atoms with E-state index < -0.39 is 5.97 Å². The van der Waals surface area contributed by atoms with E-state index in [1.54, 1.807) is 13.2 Å². The lowest BCUT2D eigenvalue weighted by Crippen LogP contribution is -2.14. The molecular formula is C14H21NO6. The summed E-state index contributed by atoms with van der Waals surface area (Å²) in [6, 6.07) is 3.10. The van der Waals surface area contributed by atoms with Gasteiger partial charge in [0.15, 0.2) is 0 Å². The predicted octanol–water partition coefficient (Wildman–Crippen LogP) is 1.11. The van der Waals surface area contributed by atoms with Crippen LogP contribution in [0.25, 0.3) is 0 Å². The minimum atomic E-state index is -0.556. The van der Waals surface area contributed by atoms with Gasteiger partial charge in [-0.3, -0.25) is 0 Å². The van der Waals surface area contributed by atoms with Gasteiger partial charge in [0.05, 0.1) is 45.3 Å². The largest absolute Gasteiger partial charge is 0.497 e. The molecule has 1 aromatic rings. The summed E-state index contributed by atoms with van der Waals surface area (Å²) in [5.41, 5.74) is 6.27. The Balaban J connectivity index is 2.61. The normalized spacial score (nSPS) is 10.2. The fraction of sp³-hybridized carbons (Fsp3) is 0.500. The van der Waals surface area contributed by atoms with Gasteiger partial charge in [0.1, 0.15) is 18.1 Å². The first-order valence-corrected chi connectivity index (χ1v) is 6.39. The van der Waals surface area contributed by atoms with Crippen molar-refractivity contribution in [2.45, 2.75) is 0 Å². The highest BCUT2D eigenvalue weighted by Crippen LogP contribution is 2.31. The van der Waals surface area contributed by atoms with Crippen LogP contribution in [0.1, 0.15) is 10.4 Å². The van der Waals surface area contributed by atoms with Gasteiger partial charge in [0, 0.05) is 13.2 Å². The molecule has 0 aliphatic carbocycles. The molecule has 0 atom stereocenters. The van der Waals surface area contributed by atoms with E-state index in [1.807, 2.05) is 0 Å². The summed E-state index contributed by atoms with van der Waals surface area (Å²) in [5.74, 6) is 0.266. The molecule has 0 aliphatic heterocycles. The number of esters is 1. The number of nitrogens with two attached hydrogens (primary N) is 1. The van der Waals surface area contributed by atoms with Gasteiger partial charge in [0.2, 0.25) is 0 Å². The van der Waals surface area contributed by atoms with Gasteiger partial charge in [-0.15, -0.1) is 0 Å². The van der Waals surface area contributed by atoms with Crippen LogP contribution in [0.4, 0.5) is 5.69 Å². The quantitative estimate of drug-likeness (QED) is 0.415. The Kier molecular flexibility index (Phi) is 7.34. The molecule has 0 saturated carbocycles. The molecular weight excluding hydrogens is 278 g/mol. The van der Waals surface area contributed by atoms with Crippen LogP contribution in [0.2, 0.25) is 0 Å². The Bertz CT molecular complexity index is 463. The molecule has 21 heavy (non-hydrogen) atoms. The van der Waals surface area contributed by atoms with Crippen molar-refractivity contribution in [1.29, 1.82) is 0 Å². The highest BCUT2D eigenvalue weighted by Gasteiger charge is 2.17. The topological polar surface area (TPSA) is 89.2 Å². The van der Waals surface area contributed by atoms with Crippen molar-refractivity contribution >= 4 is 11.7 Å². The van der Waals surface area contributed by atoms with Crippen LogP contribution in [0.3, 0.4) is 0 Å². The number of anilines is 1. The van der Waals surface area contributed by atoms with E-state index in [9.17, 15) is 4.79 Å². The number of carbonyl (C=O) groups excluding carboxylic acids is 1. The molecule has 0 bridgehead atoms. The molecule has 2 N–H and O–H groups in total. The van der Waals surface area contributed by atoms with Crippen molar-refractivity contribution < 1.29 is 28.5 Å². The second kappa shape index (κ2) is 9.04. The first-order valence-electron chi connectivity index (χ1n) is 6.39. The summed E-state index contributed by atoms with van der Waals surface area (Å²) in [5, 5.41) is 0. The van der Waals surface area contributed by atoms with Crippen LogP contribution >= 0.6 is 0 Å². The van der Waals surface area contributed by atoms with Crippen molar-refractivity contribution in [3.05, 3.63) is 17.7 Å². The smallest absolute Gasteiger partial charge is 0.340 e. The van der Waals surface area contributed by atoms with Gasteiger partial charge in [-0.1, -0.05) is 0 Å². The fourth-order valence-corrected chi connectivity index (χ4v) is 1.57. The Morgan fingerprint density at radius 3 is 2.38 bits per heavy atom. The van der Waals surface area contributed by atoms with Gasteiger partial charge in [-0.25, -0.2) is 4.79 Å². The third-order valence-electron chi connectivity index (χ3n) is 2.68. The van der Waals surface area contributed by atoms with Crippen molar-refractivity contribution in [2.75, 3.05) is 53.5 Å². The average Bonchev–Trinajstić information content (AvgIpc) is 2.50. The minimum Gasteiger partial charge on any atom is -0.497 e. The number of nitrogen functional groups attached to an aromatic ring is 1. The maximum Gasteiger partial charge on any atom is 0.340 e. The van der Waals surface area contributed by atoms with Crippen molar-refractivity contribution in [2.24, 2.45) is 0 Å². The van der Waals surface area contributed by atoms with E-state index >= 15 is 0 Å². The van der Waals surface area contributed by atoms with Crippen LogP contribution in [0, 0.1) is 0 Å². The van der Waals surface area contributed by atoms with Gasteiger partial charge in [0.25, 0.3) is 0 Å². The molecule has 0 radical (unpaired) electrons. The molecule has 0 unspecified atom stereocenters. The molecule has 1 aromatic carbocycles. The molecule has 0 saturated heterocycles. The zero-order chi connectivity index (χ0) is 15.7. The number of methoxy groups -OCH3 is 3. The second-order valence-electron chi connectivity index (χ2n) is 4.03. The number of ether oxygens (including phenoxy) is 5. The molecule has 7 nitrogen and oxygen atoms in total. The van der Waals surface area contributed by atoms with Gasteiger partial charge < -0.3 is 29.4 Å². The van der Waals surface area contributed by atoms with Gasteiger partial charge >= 0.3 is 5.97 Å². The summed E-state index contributed by atoms with van der Waals surface area (Å²) >= 11 is 0. The van der Waals surface area contributed by atoms with Crippen molar-refractivity contribution in [1.82, 2.24) is 0 Å². The standard InChI is InChI=1S/C14H21NO6/c1-17-4-5-20-6-7-21-14(16)11-8-10(18-2)9-12(19-3)13(11)15/h8-9H,4-7,15H2,1-3H3. The first-order chi connectivity index (χ1) is 10.1. The maximum absolute atomic E-state index is 12.0. The Labute approximate surface area is 123 Å². The van der Waals surface area contributed by atoms with Gasteiger partial charge in [-0.2, -0.15) is 0 Å². The van der Waals surface area contributed by atoms with Crippen molar-refractivity contribution in [3.63, 3.8) is 0 Å². The molecule has 0 heterocycles. The first kappa shape index (κ1) is 17.1. The van der Waals surface area contributed by atoms with Crippen LogP contribution in [0.5, 0.6) is 11.5 Å². The van der Waals surface area contributed by atoms with E-state index in [0.717, 1.165) is 0 Å². The number of benzene rings is 1. The molecule has 7 heteroatoms. The molecule has 0 spiro atoms. The average molecular weight is 299 g/mol. The molecule has 0 amide bonds. The molecule has 118 valence electrons. The second-order valence-corrected chi connectivity index (χ2v) is 4.03. The van der Waals surface area contributed by atoms with E-state index in [-0.39, 0.29) is 24.5 Å². The molecule has 0 fully saturated rings. The highest BCUT2D eigenvalue weighted by molar-refractivity contribution is 5.97. The highest BCUT2D eigenvalue weighted by atomic mass is 16.6. The lowest BCUT2D eigenvalue weighted by molar-refractivity contribution is 0.0214. The van der Waals surface area contributed by atoms with E-state index in [2.05, 4.69) is 0 Å². The third kappa shape index (κ3) is 5.13. The number of rotatable bonds is 9. The van der Waals surface area contributed by atoms with Crippen LogP contribution < -0.4 is 15.2 Å². The van der Waals surface area contributed by atoms with E-state index in [4.69, 9.17) is 29.4 Å². The number of hydrogen-bond acceptors (Lipinski definition) is 7. The minimum absolute atomic E-state index is 0.127. The van der Waals surface area contributed by atoms with Crippen LogP contribution in [-0.2, 0) is 14.2 Å². The van der Waals surface area contributed by atoms with Crippen molar-refractivity contribution in [3.8, 4) is 11.5 Å². The Morgan fingerprint density at radius 1 is 1.05 bits per heavy atom. The fourth-order valence-electron chi connectivity index (χ4n) is 1.57. The number of hydrogen-bond donors (Lipinski definition) is 1. The zero-order valence-corrected chi connectivity index (χ0v) is 12.5. The summed E-state index contributed by atoms with van der Waals surface area (Å²) in [6.07, 6.45) is 0. The summed E-state index contributed by atoms with van der Waals surface area (Å²) < 4.78 is 25.3. The summed E-state index contributed by atoms with van der Waals surface area (Å²) in [4.78, 5) is 12.0. The maximum atomic E-state index is 12.0. The SMILES string of the molecule is COCCOCCOC(=O)c1cc(OC)cc(OC)c1N. The lowest BCUT2D eigenvalue weighted by Gasteiger charge is -2.12. The molecule has 0 aromatic heterocycles. The Hall–Kier alpha value is -1.99. The monoisotopic (exact) mass is 299 g/mol. The summed E-state index contributed by atoms with van der Waals surface area (Å²) in [6.45, 7) is 1.36.